The average molecular weight is 323 g/mol. The molecule has 0 saturated carbocycles. The van der Waals surface area contributed by atoms with Crippen LogP contribution < -0.4 is 10.0 Å². The van der Waals surface area contributed by atoms with E-state index < -0.39 is 10.0 Å². The van der Waals surface area contributed by atoms with Gasteiger partial charge in [-0.1, -0.05) is 13.3 Å². The quantitative estimate of drug-likeness (QED) is 0.681. The van der Waals surface area contributed by atoms with Crippen molar-refractivity contribution >= 4 is 15.8 Å². The van der Waals surface area contributed by atoms with Gasteiger partial charge < -0.3 is 9.88 Å². The van der Waals surface area contributed by atoms with E-state index in [2.05, 4.69) is 20.2 Å². The summed E-state index contributed by atoms with van der Waals surface area (Å²) in [5, 5.41) is 11.2. The number of nitrogens with zero attached hydrogens (tertiary/aromatic N) is 3. The molecule has 0 aromatic carbocycles. The molecule has 2 rings (SSSR count). The molecule has 0 aliphatic rings. The number of rotatable bonds is 9. The minimum atomic E-state index is -3.16. The van der Waals surface area contributed by atoms with Crippen LogP contribution >= 0.6 is 0 Å². The minimum Gasteiger partial charge on any atom is -0.367 e. The Hall–Kier alpha value is -1.93. The molecule has 0 bridgehead atoms. The van der Waals surface area contributed by atoms with Crippen molar-refractivity contribution in [3.8, 4) is 5.82 Å². The molecule has 0 aliphatic carbocycles. The lowest BCUT2D eigenvalue weighted by Gasteiger charge is -2.08. The summed E-state index contributed by atoms with van der Waals surface area (Å²) in [6.45, 7) is 2.75. The number of sulfonamides is 1. The molecule has 2 aromatic rings. The van der Waals surface area contributed by atoms with Crippen molar-refractivity contribution < 1.29 is 8.42 Å². The van der Waals surface area contributed by atoms with Crippen LogP contribution in [0.5, 0.6) is 0 Å². The van der Waals surface area contributed by atoms with Crippen LogP contribution in [0.2, 0.25) is 0 Å². The van der Waals surface area contributed by atoms with Gasteiger partial charge in [0.1, 0.15) is 5.82 Å². The Morgan fingerprint density at radius 3 is 2.55 bits per heavy atom. The molecule has 0 unspecified atom stereocenters. The molecule has 2 N–H and O–H groups in total. The average Bonchev–Trinajstić information content (AvgIpc) is 3.05. The fraction of sp³-hybridized carbons (Fsp3) is 0.429. The van der Waals surface area contributed by atoms with Gasteiger partial charge in [-0.15, -0.1) is 10.2 Å². The highest BCUT2D eigenvalue weighted by Gasteiger charge is 2.07. The first-order valence-electron chi connectivity index (χ1n) is 7.29. The zero-order chi connectivity index (χ0) is 15.8. The summed E-state index contributed by atoms with van der Waals surface area (Å²) in [4.78, 5) is 0. The molecule has 120 valence electrons. The van der Waals surface area contributed by atoms with Gasteiger partial charge in [-0.25, -0.2) is 13.1 Å². The van der Waals surface area contributed by atoms with Crippen LogP contribution in [0.4, 0.5) is 5.82 Å². The fourth-order valence-electron chi connectivity index (χ4n) is 1.85. The van der Waals surface area contributed by atoms with Crippen LogP contribution in [-0.2, 0) is 10.0 Å². The third-order valence-electron chi connectivity index (χ3n) is 3.04. The van der Waals surface area contributed by atoms with Gasteiger partial charge in [0, 0.05) is 25.5 Å². The van der Waals surface area contributed by atoms with E-state index in [1.807, 2.05) is 48.1 Å². The zero-order valence-electron chi connectivity index (χ0n) is 12.6. The monoisotopic (exact) mass is 323 g/mol. The largest absolute Gasteiger partial charge is 0.367 e. The maximum Gasteiger partial charge on any atom is 0.211 e. The standard InChI is InChI=1S/C14H21N5O2S/c1-2-3-12-22(20,21)16-9-8-15-13-6-7-14(18-17-13)19-10-4-5-11-19/h4-7,10-11,16H,2-3,8-9,12H2,1H3,(H,15,17). The van der Waals surface area contributed by atoms with Gasteiger partial charge in [-0.05, 0) is 30.7 Å². The predicted molar refractivity (Wildman–Crippen MR) is 86.5 cm³/mol. The third kappa shape index (κ3) is 5.12. The van der Waals surface area contributed by atoms with Crippen LogP contribution in [0, 0.1) is 0 Å². The molecular formula is C14H21N5O2S. The van der Waals surface area contributed by atoms with Crippen molar-refractivity contribution in [1.82, 2.24) is 19.5 Å². The highest BCUT2D eigenvalue weighted by atomic mass is 32.2. The smallest absolute Gasteiger partial charge is 0.211 e. The molecule has 0 atom stereocenters. The van der Waals surface area contributed by atoms with Crippen molar-refractivity contribution in [2.75, 3.05) is 24.2 Å². The molecule has 0 saturated heterocycles. The van der Waals surface area contributed by atoms with E-state index in [0.29, 0.717) is 25.3 Å². The summed E-state index contributed by atoms with van der Waals surface area (Å²) in [6.07, 6.45) is 5.32. The van der Waals surface area contributed by atoms with Crippen LogP contribution in [0.3, 0.4) is 0 Å². The molecule has 7 nitrogen and oxygen atoms in total. The number of nitrogens with one attached hydrogen (secondary N) is 2. The predicted octanol–water partition coefficient (Wildman–Crippen LogP) is 1.40. The van der Waals surface area contributed by atoms with Crippen molar-refractivity contribution in [2.45, 2.75) is 19.8 Å². The molecular weight excluding hydrogens is 302 g/mol. The molecule has 2 heterocycles. The topological polar surface area (TPSA) is 88.9 Å². The van der Waals surface area contributed by atoms with Gasteiger partial charge >= 0.3 is 0 Å². The van der Waals surface area contributed by atoms with E-state index in [1.54, 1.807) is 0 Å². The highest BCUT2D eigenvalue weighted by molar-refractivity contribution is 7.89. The summed E-state index contributed by atoms with van der Waals surface area (Å²) in [7, 11) is -3.16. The van der Waals surface area contributed by atoms with Crippen LogP contribution in [0.25, 0.3) is 5.82 Å². The molecule has 0 fully saturated rings. The normalized spacial score (nSPS) is 11.5. The maximum absolute atomic E-state index is 11.6. The van der Waals surface area contributed by atoms with E-state index in [-0.39, 0.29) is 5.75 Å². The molecule has 0 radical (unpaired) electrons. The Morgan fingerprint density at radius 1 is 1.14 bits per heavy atom. The second-order valence-corrected chi connectivity index (χ2v) is 6.79. The summed E-state index contributed by atoms with van der Waals surface area (Å²) in [6, 6.07) is 7.49. The molecule has 0 amide bonds. The van der Waals surface area contributed by atoms with Crippen LogP contribution in [0.1, 0.15) is 19.8 Å². The lowest BCUT2D eigenvalue weighted by Crippen LogP contribution is -2.31. The van der Waals surface area contributed by atoms with Crippen LogP contribution in [0.15, 0.2) is 36.7 Å². The molecule has 2 aromatic heterocycles. The number of unbranched alkanes of at least 4 members (excludes halogenated alkanes) is 1. The number of hydrogen-bond acceptors (Lipinski definition) is 5. The van der Waals surface area contributed by atoms with Crippen molar-refractivity contribution in [1.29, 1.82) is 0 Å². The maximum atomic E-state index is 11.6. The second-order valence-electron chi connectivity index (χ2n) is 4.86. The van der Waals surface area contributed by atoms with E-state index in [0.717, 1.165) is 12.2 Å². The summed E-state index contributed by atoms with van der Waals surface area (Å²) < 4.78 is 27.6. The first kappa shape index (κ1) is 16.4. The van der Waals surface area contributed by atoms with E-state index >= 15 is 0 Å². The van der Waals surface area contributed by atoms with Gasteiger partial charge in [0.15, 0.2) is 5.82 Å². The van der Waals surface area contributed by atoms with Gasteiger partial charge in [0.05, 0.1) is 5.75 Å². The van der Waals surface area contributed by atoms with Gasteiger partial charge in [-0.3, -0.25) is 0 Å². The van der Waals surface area contributed by atoms with Crippen LogP contribution in [-0.4, -0.2) is 42.0 Å². The van der Waals surface area contributed by atoms with Crippen molar-refractivity contribution in [3.05, 3.63) is 36.7 Å². The second kappa shape index (κ2) is 7.90. The number of hydrogen-bond donors (Lipinski definition) is 2. The van der Waals surface area contributed by atoms with Crippen molar-refractivity contribution in [3.63, 3.8) is 0 Å². The highest BCUT2D eigenvalue weighted by Crippen LogP contribution is 2.06. The molecule has 0 spiro atoms. The zero-order valence-corrected chi connectivity index (χ0v) is 13.4. The van der Waals surface area contributed by atoms with E-state index in [9.17, 15) is 8.42 Å². The summed E-state index contributed by atoms with van der Waals surface area (Å²) in [5.74, 6) is 1.52. The Kier molecular flexibility index (Phi) is 5.91. The SMILES string of the molecule is CCCCS(=O)(=O)NCCNc1ccc(-n2cccc2)nn1. The number of aromatic nitrogens is 3. The lowest BCUT2D eigenvalue weighted by atomic mass is 10.4. The van der Waals surface area contributed by atoms with Gasteiger partial charge in [0.2, 0.25) is 10.0 Å². The molecule has 0 aliphatic heterocycles. The van der Waals surface area contributed by atoms with E-state index in [4.69, 9.17) is 0 Å². The minimum absolute atomic E-state index is 0.175. The Balaban J connectivity index is 1.76. The van der Waals surface area contributed by atoms with E-state index in [1.165, 1.54) is 0 Å². The first-order chi connectivity index (χ1) is 10.6. The summed E-state index contributed by atoms with van der Waals surface area (Å²) in [5.41, 5.74) is 0. The Morgan fingerprint density at radius 2 is 1.91 bits per heavy atom. The fourth-order valence-corrected chi connectivity index (χ4v) is 3.07. The Labute approximate surface area is 130 Å². The first-order valence-corrected chi connectivity index (χ1v) is 8.94. The van der Waals surface area contributed by atoms with Gasteiger partial charge in [0.25, 0.3) is 0 Å². The third-order valence-corrected chi connectivity index (χ3v) is 4.51. The number of anilines is 1. The summed E-state index contributed by atoms with van der Waals surface area (Å²) >= 11 is 0. The molecule has 8 heteroatoms. The van der Waals surface area contributed by atoms with Gasteiger partial charge in [-0.2, -0.15) is 0 Å². The lowest BCUT2D eigenvalue weighted by molar-refractivity contribution is 0.579. The molecule has 22 heavy (non-hydrogen) atoms. The van der Waals surface area contributed by atoms with Crippen molar-refractivity contribution in [2.24, 2.45) is 0 Å². The Bertz CT molecular complexity index is 653.